The maximum absolute atomic E-state index is 12.0. The lowest BCUT2D eigenvalue weighted by atomic mass is 10.1. The summed E-state index contributed by atoms with van der Waals surface area (Å²) in [5.41, 5.74) is 1.71. The van der Waals surface area contributed by atoms with Gasteiger partial charge in [0.05, 0.1) is 13.2 Å². The van der Waals surface area contributed by atoms with E-state index in [4.69, 9.17) is 4.74 Å². The first-order valence-electron chi connectivity index (χ1n) is 7.89. The second-order valence-corrected chi connectivity index (χ2v) is 6.93. The molecule has 3 rings (SSSR count). The molecule has 0 bridgehead atoms. The molecule has 0 saturated heterocycles. The first-order valence-corrected chi connectivity index (χ1v) is 8.71. The van der Waals surface area contributed by atoms with Crippen molar-refractivity contribution in [1.29, 1.82) is 0 Å². The Hall–Kier alpha value is -2.45. The summed E-state index contributed by atoms with van der Waals surface area (Å²) in [6.45, 7) is 2.47. The molecule has 2 aromatic heterocycles. The molecule has 132 valence electrons. The van der Waals surface area contributed by atoms with E-state index in [2.05, 4.69) is 32.4 Å². The van der Waals surface area contributed by atoms with Crippen molar-refractivity contribution in [3.63, 3.8) is 0 Å². The molecule has 8 heteroatoms. The number of aryl methyl sites for hydroxylation is 1. The predicted molar refractivity (Wildman–Crippen MR) is 99.8 cm³/mol. The van der Waals surface area contributed by atoms with Gasteiger partial charge in [-0.2, -0.15) is 4.52 Å². The number of anilines is 1. The van der Waals surface area contributed by atoms with Crippen molar-refractivity contribution in [2.75, 3.05) is 33.1 Å². The average molecular weight is 359 g/mol. The van der Waals surface area contributed by atoms with E-state index in [0.29, 0.717) is 22.3 Å². The van der Waals surface area contributed by atoms with E-state index in [0.717, 1.165) is 5.75 Å². The van der Waals surface area contributed by atoms with Gasteiger partial charge in [-0.05, 0) is 38.7 Å². The van der Waals surface area contributed by atoms with Crippen LogP contribution in [0.4, 0.5) is 5.13 Å². The Balaban J connectivity index is 1.79. The van der Waals surface area contributed by atoms with Crippen molar-refractivity contribution >= 4 is 21.4 Å². The Morgan fingerprint density at radius 1 is 1.32 bits per heavy atom. The van der Waals surface area contributed by atoms with Crippen LogP contribution in [-0.2, 0) is 0 Å². The average Bonchev–Trinajstić information content (AvgIpc) is 2.98. The Kier molecular flexibility index (Phi) is 5.00. The van der Waals surface area contributed by atoms with E-state index >= 15 is 0 Å². The Morgan fingerprint density at radius 2 is 2.04 bits per heavy atom. The Morgan fingerprint density at radius 3 is 2.68 bits per heavy atom. The molecule has 25 heavy (non-hydrogen) atoms. The molecule has 0 aliphatic carbocycles. The molecule has 0 aliphatic heterocycles. The first-order chi connectivity index (χ1) is 12.0. The fraction of sp³-hybridized carbons (Fsp3) is 0.353. The highest BCUT2D eigenvalue weighted by atomic mass is 32.1. The molecule has 0 aliphatic rings. The van der Waals surface area contributed by atoms with Crippen molar-refractivity contribution in [2.24, 2.45) is 0 Å². The minimum absolute atomic E-state index is 0.157. The van der Waals surface area contributed by atoms with Crippen LogP contribution in [0.1, 0.15) is 17.3 Å². The lowest BCUT2D eigenvalue weighted by Crippen LogP contribution is -2.27. The van der Waals surface area contributed by atoms with Gasteiger partial charge < -0.3 is 15.0 Å². The lowest BCUT2D eigenvalue weighted by molar-refractivity contribution is 0.311. The molecule has 1 N–H and O–H groups in total. The third-order valence-electron chi connectivity index (χ3n) is 3.94. The predicted octanol–water partition coefficient (Wildman–Crippen LogP) is 2.18. The molecule has 0 fully saturated rings. The second-order valence-electron chi connectivity index (χ2n) is 5.97. The smallest absolute Gasteiger partial charge is 0.275 e. The van der Waals surface area contributed by atoms with Crippen LogP contribution in [-0.4, -0.2) is 47.2 Å². The number of hydrogen-bond acceptors (Lipinski definition) is 7. The van der Waals surface area contributed by atoms with Gasteiger partial charge in [0.25, 0.3) is 5.56 Å². The quantitative estimate of drug-likeness (QED) is 0.727. The molecule has 0 spiro atoms. The molecule has 2 heterocycles. The van der Waals surface area contributed by atoms with E-state index in [1.807, 2.05) is 26.2 Å². The zero-order chi connectivity index (χ0) is 18.0. The largest absolute Gasteiger partial charge is 0.497 e. The van der Waals surface area contributed by atoms with E-state index in [-0.39, 0.29) is 11.6 Å². The number of rotatable bonds is 6. The summed E-state index contributed by atoms with van der Waals surface area (Å²) in [5.74, 6) is 0.834. The highest BCUT2D eigenvalue weighted by Gasteiger charge is 2.15. The van der Waals surface area contributed by atoms with E-state index in [1.54, 1.807) is 14.0 Å². The molecule has 1 aromatic carbocycles. The minimum Gasteiger partial charge on any atom is -0.497 e. The van der Waals surface area contributed by atoms with Crippen LogP contribution in [0.15, 0.2) is 35.1 Å². The van der Waals surface area contributed by atoms with E-state index < -0.39 is 0 Å². The molecule has 0 amide bonds. The number of likely N-dealkylation sites (N-methyl/N-ethyl adjacent to an activating group) is 1. The van der Waals surface area contributed by atoms with Crippen molar-refractivity contribution in [1.82, 2.24) is 19.5 Å². The van der Waals surface area contributed by atoms with E-state index in [1.165, 1.54) is 27.5 Å². The Bertz CT molecular complexity index is 917. The molecule has 0 saturated carbocycles. The molecule has 1 atom stereocenters. The summed E-state index contributed by atoms with van der Waals surface area (Å²) in [6.07, 6.45) is 0. The Labute approximate surface area is 149 Å². The van der Waals surface area contributed by atoms with Gasteiger partial charge in [0.1, 0.15) is 5.75 Å². The number of methoxy groups -OCH3 is 1. The molecule has 7 nitrogen and oxygen atoms in total. The minimum atomic E-state index is -0.161. The normalized spacial score (nSPS) is 12.5. The van der Waals surface area contributed by atoms with Gasteiger partial charge in [-0.3, -0.25) is 4.79 Å². The third kappa shape index (κ3) is 3.80. The number of aromatic nitrogens is 3. The van der Waals surface area contributed by atoms with E-state index in [9.17, 15) is 4.79 Å². The summed E-state index contributed by atoms with van der Waals surface area (Å²) >= 11 is 1.37. The fourth-order valence-corrected chi connectivity index (χ4v) is 3.46. The SMILES string of the molecule is COc1ccc(C(CNc2nn3c(=O)cc(C)nc3s2)N(C)C)cc1. The number of nitrogens with zero attached hydrogens (tertiary/aromatic N) is 4. The zero-order valence-corrected chi connectivity index (χ0v) is 15.5. The van der Waals surface area contributed by atoms with Crippen LogP contribution in [0.3, 0.4) is 0 Å². The molecular weight excluding hydrogens is 338 g/mol. The van der Waals surface area contributed by atoms with Gasteiger partial charge in [-0.15, -0.1) is 5.10 Å². The van der Waals surface area contributed by atoms with Crippen molar-refractivity contribution in [3.8, 4) is 5.75 Å². The van der Waals surface area contributed by atoms with Crippen LogP contribution in [0.5, 0.6) is 5.75 Å². The van der Waals surface area contributed by atoms with Crippen molar-refractivity contribution in [3.05, 3.63) is 51.9 Å². The summed E-state index contributed by atoms with van der Waals surface area (Å²) in [5, 5.41) is 8.32. The van der Waals surface area contributed by atoms with Gasteiger partial charge in [0, 0.05) is 18.3 Å². The summed E-state index contributed by atoms with van der Waals surface area (Å²) in [7, 11) is 5.72. The van der Waals surface area contributed by atoms with Gasteiger partial charge in [0.2, 0.25) is 10.1 Å². The standard InChI is InChI=1S/C17H21N5O2S/c1-11-9-15(23)22-17(19-11)25-16(20-22)18-10-14(21(2)3)12-5-7-13(24-4)8-6-12/h5-9,14H,10H2,1-4H3,(H,18,20). The maximum atomic E-state index is 12.0. The van der Waals surface area contributed by atoms with Crippen LogP contribution in [0.25, 0.3) is 4.96 Å². The fourth-order valence-electron chi connectivity index (χ4n) is 2.60. The summed E-state index contributed by atoms with van der Waals surface area (Å²) in [6, 6.07) is 9.66. The van der Waals surface area contributed by atoms with Gasteiger partial charge in [-0.25, -0.2) is 4.98 Å². The van der Waals surface area contributed by atoms with Crippen molar-refractivity contribution in [2.45, 2.75) is 13.0 Å². The van der Waals surface area contributed by atoms with Crippen LogP contribution < -0.4 is 15.6 Å². The molecule has 1 unspecified atom stereocenters. The highest BCUT2D eigenvalue weighted by Crippen LogP contribution is 2.23. The second kappa shape index (κ2) is 7.20. The van der Waals surface area contributed by atoms with Crippen LogP contribution in [0.2, 0.25) is 0 Å². The number of ether oxygens (including phenoxy) is 1. The lowest BCUT2D eigenvalue weighted by Gasteiger charge is -2.25. The van der Waals surface area contributed by atoms with Gasteiger partial charge in [-0.1, -0.05) is 23.5 Å². The maximum Gasteiger partial charge on any atom is 0.275 e. The van der Waals surface area contributed by atoms with Gasteiger partial charge >= 0.3 is 0 Å². The van der Waals surface area contributed by atoms with Crippen LogP contribution >= 0.6 is 11.3 Å². The summed E-state index contributed by atoms with van der Waals surface area (Å²) in [4.78, 5) is 19.0. The number of nitrogens with one attached hydrogen (secondary N) is 1. The highest BCUT2D eigenvalue weighted by molar-refractivity contribution is 7.20. The number of benzene rings is 1. The third-order valence-corrected chi connectivity index (χ3v) is 4.81. The molecule has 3 aromatic rings. The van der Waals surface area contributed by atoms with Crippen LogP contribution in [0, 0.1) is 6.92 Å². The first kappa shape index (κ1) is 17.4. The number of hydrogen-bond donors (Lipinski definition) is 1. The topological polar surface area (TPSA) is 71.8 Å². The monoisotopic (exact) mass is 359 g/mol. The summed E-state index contributed by atoms with van der Waals surface area (Å²) < 4.78 is 6.55. The zero-order valence-electron chi connectivity index (χ0n) is 14.7. The molecule has 0 radical (unpaired) electrons. The van der Waals surface area contributed by atoms with Crippen molar-refractivity contribution < 1.29 is 4.74 Å². The number of fused-ring (bicyclic) bond motifs is 1. The molecular formula is C17H21N5O2S. The van der Waals surface area contributed by atoms with Gasteiger partial charge in [0.15, 0.2) is 0 Å².